The predicted octanol–water partition coefficient (Wildman–Crippen LogP) is 2.42. The predicted molar refractivity (Wildman–Crippen MR) is 127 cm³/mol. The average Bonchev–Trinajstić information content (AvgIpc) is 2.80. The molecule has 0 bridgehead atoms. The Balaban J connectivity index is 1.80. The Morgan fingerprint density at radius 2 is 1.44 bits per heavy atom. The summed E-state index contributed by atoms with van der Waals surface area (Å²) in [6.45, 7) is 4.45. The smallest absolute Gasteiger partial charge is 0.303 e. The summed E-state index contributed by atoms with van der Waals surface area (Å²) < 4.78 is 27.8. The van der Waals surface area contributed by atoms with Crippen molar-refractivity contribution < 1.29 is 42.9 Å². The Labute approximate surface area is 206 Å². The lowest BCUT2D eigenvalue weighted by molar-refractivity contribution is -0.241. The van der Waals surface area contributed by atoms with Crippen LogP contribution in [-0.4, -0.2) is 66.8 Å². The molecule has 1 saturated heterocycles. The average molecular weight is 498 g/mol. The van der Waals surface area contributed by atoms with Crippen LogP contribution in [0.4, 0.5) is 11.4 Å². The summed E-state index contributed by atoms with van der Waals surface area (Å²) in [6.07, 6.45) is -5.89. The molecule has 5 atom stereocenters. The maximum Gasteiger partial charge on any atom is 0.303 e. The van der Waals surface area contributed by atoms with Crippen LogP contribution >= 0.6 is 0 Å². The zero-order valence-electron chi connectivity index (χ0n) is 20.2. The van der Waals surface area contributed by atoms with Gasteiger partial charge in [-0.05, 0) is 17.5 Å². The molecule has 190 valence electrons. The van der Waals surface area contributed by atoms with Crippen LogP contribution in [0.15, 0.2) is 41.4 Å². The van der Waals surface area contributed by atoms with Crippen LogP contribution in [0, 0.1) is 0 Å². The van der Waals surface area contributed by atoms with Gasteiger partial charge in [-0.2, -0.15) is 0 Å². The maximum absolute atomic E-state index is 12.1. The lowest BCUT2D eigenvalue weighted by atomic mass is 9.92. The zero-order chi connectivity index (χ0) is 26.0. The van der Waals surface area contributed by atoms with Crippen molar-refractivity contribution in [1.29, 1.82) is 0 Å². The number of carbonyl (C=O) groups is 4. The van der Waals surface area contributed by atoms with E-state index in [-0.39, 0.29) is 12.4 Å². The molecule has 0 amide bonds. The number of anilines is 1. The van der Waals surface area contributed by atoms with Crippen LogP contribution in [0.2, 0.25) is 0 Å². The third-order valence-corrected chi connectivity index (χ3v) is 5.65. The van der Waals surface area contributed by atoms with Gasteiger partial charge < -0.3 is 29.0 Å². The van der Waals surface area contributed by atoms with Gasteiger partial charge in [0.25, 0.3) is 0 Å². The lowest BCUT2D eigenvalue weighted by Gasteiger charge is -2.45. The Morgan fingerprint density at radius 1 is 0.833 bits per heavy atom. The minimum absolute atomic E-state index is 0.277. The first-order valence-electron chi connectivity index (χ1n) is 11.3. The molecule has 2 aliphatic rings. The van der Waals surface area contributed by atoms with Gasteiger partial charge in [0.05, 0.1) is 5.69 Å². The minimum atomic E-state index is -1.27. The summed E-state index contributed by atoms with van der Waals surface area (Å²) in [5.41, 5.74) is 1.41. The quantitative estimate of drug-likeness (QED) is 0.467. The van der Waals surface area contributed by atoms with Crippen LogP contribution in [0.1, 0.15) is 27.7 Å². The first-order chi connectivity index (χ1) is 17.1. The zero-order valence-corrected chi connectivity index (χ0v) is 20.2. The molecule has 1 N–H and O–H groups in total. The number of aliphatic imine (C=N–C) groups is 1. The van der Waals surface area contributed by atoms with E-state index in [1.807, 2.05) is 36.4 Å². The fourth-order valence-corrected chi connectivity index (χ4v) is 4.40. The molecule has 2 aliphatic heterocycles. The number of esters is 4. The number of ether oxygens (including phenoxy) is 5. The number of rotatable bonds is 6. The summed E-state index contributed by atoms with van der Waals surface area (Å²) in [6, 6.07) is 11.4. The van der Waals surface area contributed by atoms with E-state index in [9.17, 15) is 19.2 Å². The van der Waals surface area contributed by atoms with Gasteiger partial charge >= 0.3 is 23.9 Å². The van der Waals surface area contributed by atoms with Crippen molar-refractivity contribution in [2.75, 3.05) is 11.9 Å². The van der Waals surface area contributed by atoms with Gasteiger partial charge in [-0.15, -0.1) is 0 Å². The number of hydrogen-bond donors (Lipinski definition) is 1. The van der Waals surface area contributed by atoms with Crippen LogP contribution in [-0.2, 0) is 42.9 Å². The van der Waals surface area contributed by atoms with Gasteiger partial charge in [0.2, 0.25) is 0 Å². The molecule has 0 unspecified atom stereocenters. The maximum atomic E-state index is 12.1. The van der Waals surface area contributed by atoms with E-state index in [0.29, 0.717) is 5.69 Å². The van der Waals surface area contributed by atoms with Crippen LogP contribution in [0.3, 0.4) is 0 Å². The van der Waals surface area contributed by atoms with E-state index < -0.39 is 54.4 Å². The highest BCUT2D eigenvalue weighted by atomic mass is 16.7. The van der Waals surface area contributed by atoms with Crippen molar-refractivity contribution in [3.05, 3.63) is 36.4 Å². The van der Waals surface area contributed by atoms with Gasteiger partial charge in [0.15, 0.2) is 24.4 Å². The summed E-state index contributed by atoms with van der Waals surface area (Å²) in [5.74, 6) is -2.38. The van der Waals surface area contributed by atoms with Crippen molar-refractivity contribution in [2.24, 2.45) is 4.99 Å². The van der Waals surface area contributed by atoms with E-state index in [0.717, 1.165) is 16.5 Å². The first kappa shape index (κ1) is 25.1. The van der Waals surface area contributed by atoms with Crippen molar-refractivity contribution in [1.82, 2.24) is 0 Å². The van der Waals surface area contributed by atoms with Gasteiger partial charge in [0.1, 0.15) is 18.5 Å². The number of hydrogen-bond acceptors (Lipinski definition) is 11. The first-order valence-corrected chi connectivity index (χ1v) is 11.3. The van der Waals surface area contributed by atoms with Crippen LogP contribution in [0.5, 0.6) is 0 Å². The molecule has 1 fully saturated rings. The molecule has 0 radical (unpaired) electrons. The molecule has 2 aromatic rings. The molecule has 0 aliphatic carbocycles. The molecule has 0 spiro atoms. The van der Waals surface area contributed by atoms with Gasteiger partial charge in [-0.1, -0.05) is 24.3 Å². The Bertz CT molecular complexity index is 1240. The molecule has 2 heterocycles. The summed E-state index contributed by atoms with van der Waals surface area (Å²) in [5, 5.41) is 5.10. The minimum Gasteiger partial charge on any atom is -0.463 e. The summed E-state index contributed by atoms with van der Waals surface area (Å²) in [7, 11) is 0. The molecule has 0 aromatic heterocycles. The highest BCUT2D eigenvalue weighted by molar-refractivity contribution is 6.15. The standard InChI is InChI=1S/C25H26N2O9/c1-12(28)32-11-19-21(33-13(2)29)22(34-14(3)30)23(35-15(4)31)24(36-19)25-26-17-9-5-7-16-8-6-10-18(27-25)20(16)17/h5-10,19,21-24H,11H2,1-4H3,(H,26,27)/t19-,21-,22+,23+,24-/m1/s1. The van der Waals surface area contributed by atoms with Crippen molar-refractivity contribution in [3.8, 4) is 0 Å². The number of carbonyl (C=O) groups excluding carboxylic acids is 4. The lowest BCUT2D eigenvalue weighted by Crippen LogP contribution is -2.64. The third kappa shape index (κ3) is 5.30. The van der Waals surface area contributed by atoms with E-state index in [1.165, 1.54) is 27.7 Å². The van der Waals surface area contributed by atoms with Crippen LogP contribution in [0.25, 0.3) is 10.8 Å². The summed E-state index contributed by atoms with van der Waals surface area (Å²) >= 11 is 0. The van der Waals surface area contributed by atoms with Crippen LogP contribution < -0.4 is 5.32 Å². The number of nitrogens with one attached hydrogen (secondary N) is 1. The fraction of sp³-hybridized carbons (Fsp3) is 0.400. The highest BCUT2D eigenvalue weighted by Gasteiger charge is 2.54. The molecule has 4 rings (SSSR count). The Morgan fingerprint density at radius 3 is 2.08 bits per heavy atom. The molecule has 11 nitrogen and oxygen atoms in total. The second kappa shape index (κ2) is 10.3. The van der Waals surface area contributed by atoms with E-state index >= 15 is 0 Å². The van der Waals surface area contributed by atoms with E-state index in [2.05, 4.69) is 5.32 Å². The second-order valence-electron chi connectivity index (χ2n) is 8.42. The normalized spacial score (nSPS) is 24.7. The van der Waals surface area contributed by atoms with Crippen molar-refractivity contribution in [2.45, 2.75) is 58.2 Å². The van der Waals surface area contributed by atoms with Crippen molar-refractivity contribution >= 4 is 51.9 Å². The number of amidine groups is 1. The number of nitrogens with zero attached hydrogens (tertiary/aromatic N) is 1. The fourth-order valence-electron chi connectivity index (χ4n) is 4.40. The highest BCUT2D eigenvalue weighted by Crippen LogP contribution is 2.38. The van der Waals surface area contributed by atoms with Gasteiger partial charge in [0, 0.05) is 38.8 Å². The third-order valence-electron chi connectivity index (χ3n) is 5.65. The summed E-state index contributed by atoms with van der Waals surface area (Å²) in [4.78, 5) is 52.3. The second-order valence-corrected chi connectivity index (χ2v) is 8.42. The van der Waals surface area contributed by atoms with E-state index in [1.54, 1.807) is 0 Å². The Hall–Kier alpha value is -3.99. The van der Waals surface area contributed by atoms with E-state index in [4.69, 9.17) is 28.7 Å². The largest absolute Gasteiger partial charge is 0.463 e. The topological polar surface area (TPSA) is 139 Å². The molecular formula is C25H26N2O9. The molecule has 11 heteroatoms. The van der Waals surface area contributed by atoms with Crippen molar-refractivity contribution in [3.63, 3.8) is 0 Å². The molecule has 36 heavy (non-hydrogen) atoms. The molecule has 0 saturated carbocycles. The molecular weight excluding hydrogens is 472 g/mol. The van der Waals surface area contributed by atoms with Gasteiger partial charge in [-0.3, -0.25) is 19.2 Å². The number of benzene rings is 2. The molecule has 2 aromatic carbocycles. The monoisotopic (exact) mass is 498 g/mol. The van der Waals surface area contributed by atoms with Gasteiger partial charge in [-0.25, -0.2) is 4.99 Å². The SMILES string of the molecule is CC(=O)OC[C@H]1O[C@@H](C2=Nc3cccc4cccc(c34)N2)[C@@H](OC(C)=O)[C@@H](OC(C)=O)[C@@H]1OC(C)=O. The Kier molecular flexibility index (Phi) is 7.20.